The third-order valence-electron chi connectivity index (χ3n) is 6.11. The first kappa shape index (κ1) is 30.8. The molecular formula is C33H32ClNO6S. The summed E-state index contributed by atoms with van der Waals surface area (Å²) in [5, 5.41) is 3.05. The van der Waals surface area contributed by atoms with Gasteiger partial charge in [0.25, 0.3) is 5.91 Å². The standard InChI is InChI=1S/C33H32ClNO6S/c1-22-10-19-28(34)29(20-22)35-32(37)30(31(36)33(2,3)4)40-25-15-17-27(18-16-25)42(38)41-26-13-11-24(12-14-26)39-21-23-8-6-5-7-9-23/h5-20,30H,21H2,1-4H3,(H,35,37). The van der Waals surface area contributed by atoms with E-state index in [4.69, 9.17) is 25.3 Å². The zero-order chi connectivity index (χ0) is 30.3. The summed E-state index contributed by atoms with van der Waals surface area (Å²) in [6.07, 6.45) is -1.43. The van der Waals surface area contributed by atoms with Crippen LogP contribution in [0.2, 0.25) is 5.02 Å². The first-order valence-corrected chi connectivity index (χ1v) is 14.7. The third kappa shape index (κ3) is 8.44. The molecule has 9 heteroatoms. The molecule has 0 saturated heterocycles. The second-order valence-electron chi connectivity index (χ2n) is 10.6. The van der Waals surface area contributed by atoms with Crippen molar-refractivity contribution in [2.45, 2.75) is 45.3 Å². The number of nitrogens with one attached hydrogen (secondary N) is 1. The molecule has 1 amide bonds. The largest absolute Gasteiger partial charge is 0.489 e. The quantitative estimate of drug-likeness (QED) is 0.180. The highest BCUT2D eigenvalue weighted by Crippen LogP contribution is 2.27. The fourth-order valence-corrected chi connectivity index (χ4v) is 4.69. The number of rotatable bonds is 11. The normalized spacial score (nSPS) is 12.6. The third-order valence-corrected chi connectivity index (χ3v) is 7.44. The van der Waals surface area contributed by atoms with E-state index in [0.29, 0.717) is 33.7 Å². The molecule has 4 aromatic carbocycles. The summed E-state index contributed by atoms with van der Waals surface area (Å²) >= 11 is 4.42. The predicted molar refractivity (Wildman–Crippen MR) is 164 cm³/mol. The van der Waals surface area contributed by atoms with Crippen LogP contribution in [0.5, 0.6) is 17.2 Å². The molecule has 0 radical (unpaired) electrons. The van der Waals surface area contributed by atoms with Gasteiger partial charge >= 0.3 is 0 Å². The number of hydrogen-bond acceptors (Lipinski definition) is 6. The summed E-state index contributed by atoms with van der Waals surface area (Å²) in [7, 11) is 0. The van der Waals surface area contributed by atoms with Gasteiger partial charge < -0.3 is 19.0 Å². The number of aryl methyl sites for hydroxylation is 1. The number of ketones is 1. The van der Waals surface area contributed by atoms with Crippen molar-refractivity contribution in [3.05, 3.63) is 113 Å². The van der Waals surface area contributed by atoms with Crippen LogP contribution in [0.25, 0.3) is 0 Å². The zero-order valence-electron chi connectivity index (χ0n) is 23.8. The van der Waals surface area contributed by atoms with Crippen LogP contribution in [0.3, 0.4) is 0 Å². The van der Waals surface area contributed by atoms with Crippen LogP contribution in [-0.4, -0.2) is 22.0 Å². The van der Waals surface area contributed by atoms with Gasteiger partial charge in [0.2, 0.25) is 17.2 Å². The number of Topliss-reactive ketones (excluding diaryl/α,β-unsaturated/α-hetero) is 1. The number of amides is 1. The van der Waals surface area contributed by atoms with Crippen LogP contribution in [0.4, 0.5) is 5.69 Å². The maximum Gasteiger partial charge on any atom is 0.273 e. The van der Waals surface area contributed by atoms with Crippen LogP contribution >= 0.6 is 11.6 Å². The fourth-order valence-electron chi connectivity index (χ4n) is 3.79. The number of halogens is 1. The zero-order valence-corrected chi connectivity index (χ0v) is 25.3. The van der Waals surface area contributed by atoms with Gasteiger partial charge in [-0.25, -0.2) is 4.21 Å². The Morgan fingerprint density at radius 3 is 2.12 bits per heavy atom. The highest BCUT2D eigenvalue weighted by Gasteiger charge is 2.37. The number of carbonyl (C=O) groups excluding carboxylic acids is 2. The van der Waals surface area contributed by atoms with Gasteiger partial charge in [-0.3, -0.25) is 9.59 Å². The van der Waals surface area contributed by atoms with Gasteiger partial charge in [0.05, 0.1) is 15.6 Å². The minimum absolute atomic E-state index is 0.253. The van der Waals surface area contributed by atoms with Crippen molar-refractivity contribution in [3.63, 3.8) is 0 Å². The lowest BCUT2D eigenvalue weighted by Gasteiger charge is -2.25. The molecule has 0 aliphatic rings. The molecule has 0 fully saturated rings. The highest BCUT2D eigenvalue weighted by molar-refractivity contribution is 7.80. The Balaban J connectivity index is 1.40. The minimum atomic E-state index is -1.82. The summed E-state index contributed by atoms with van der Waals surface area (Å²) in [5.74, 6) is 0.268. The molecule has 4 rings (SSSR count). The molecule has 0 spiro atoms. The summed E-state index contributed by atoms with van der Waals surface area (Å²) in [4.78, 5) is 26.7. The Bertz CT molecular complexity index is 1550. The van der Waals surface area contributed by atoms with Crippen molar-refractivity contribution < 1.29 is 27.5 Å². The van der Waals surface area contributed by atoms with Crippen LogP contribution < -0.4 is 19.0 Å². The number of benzene rings is 4. The van der Waals surface area contributed by atoms with Crippen LogP contribution in [0.15, 0.2) is 102 Å². The van der Waals surface area contributed by atoms with Gasteiger partial charge in [-0.1, -0.05) is 68.8 Å². The molecule has 0 bridgehead atoms. The molecule has 2 atom stereocenters. The van der Waals surface area contributed by atoms with E-state index in [9.17, 15) is 13.8 Å². The minimum Gasteiger partial charge on any atom is -0.489 e. The Labute approximate surface area is 253 Å². The Kier molecular flexibility index (Phi) is 10.0. The van der Waals surface area contributed by atoms with Gasteiger partial charge in [-0.2, -0.15) is 0 Å². The van der Waals surface area contributed by atoms with E-state index >= 15 is 0 Å². The molecule has 1 N–H and O–H groups in total. The summed E-state index contributed by atoms with van der Waals surface area (Å²) < 4.78 is 30.1. The fraction of sp³-hybridized carbons (Fsp3) is 0.212. The molecular weight excluding hydrogens is 574 g/mol. The Hall–Kier alpha value is -4.14. The lowest BCUT2D eigenvalue weighted by atomic mass is 9.87. The summed E-state index contributed by atoms with van der Waals surface area (Å²) in [5.41, 5.74) is 1.48. The molecule has 0 heterocycles. The van der Waals surface area contributed by atoms with Crippen LogP contribution in [-0.2, 0) is 27.3 Å². The summed E-state index contributed by atoms with van der Waals surface area (Å²) in [6.45, 7) is 7.44. The molecule has 0 saturated carbocycles. The number of carbonyl (C=O) groups is 2. The number of anilines is 1. The topological polar surface area (TPSA) is 90.9 Å². The lowest BCUT2D eigenvalue weighted by Crippen LogP contribution is -2.45. The second kappa shape index (κ2) is 13.7. The maximum absolute atomic E-state index is 13.2. The Morgan fingerprint density at radius 1 is 0.857 bits per heavy atom. The van der Waals surface area contributed by atoms with Crippen LogP contribution in [0.1, 0.15) is 31.9 Å². The molecule has 0 aromatic heterocycles. The maximum atomic E-state index is 13.2. The lowest BCUT2D eigenvalue weighted by molar-refractivity contribution is -0.140. The van der Waals surface area contributed by atoms with E-state index in [1.165, 1.54) is 12.1 Å². The average Bonchev–Trinajstić information content (AvgIpc) is 2.97. The van der Waals surface area contributed by atoms with E-state index < -0.39 is 34.3 Å². The van der Waals surface area contributed by atoms with E-state index in [1.807, 2.05) is 43.3 Å². The van der Waals surface area contributed by atoms with Gasteiger partial charge in [0, 0.05) is 5.41 Å². The predicted octanol–water partition coefficient (Wildman–Crippen LogP) is 7.33. The van der Waals surface area contributed by atoms with Crippen molar-refractivity contribution in [1.82, 2.24) is 0 Å². The molecule has 42 heavy (non-hydrogen) atoms. The molecule has 0 aliphatic heterocycles. The first-order chi connectivity index (χ1) is 20.0. The monoisotopic (exact) mass is 605 g/mol. The van der Waals surface area contributed by atoms with E-state index in [0.717, 1.165) is 11.1 Å². The van der Waals surface area contributed by atoms with Gasteiger partial charge in [0.1, 0.15) is 23.9 Å². The second-order valence-corrected chi connectivity index (χ2v) is 12.1. The number of hydrogen-bond donors (Lipinski definition) is 1. The first-order valence-electron chi connectivity index (χ1n) is 13.2. The van der Waals surface area contributed by atoms with Gasteiger partial charge in [-0.15, -0.1) is 0 Å². The molecule has 7 nitrogen and oxygen atoms in total. The van der Waals surface area contributed by atoms with E-state index in [1.54, 1.807) is 69.3 Å². The summed E-state index contributed by atoms with van der Waals surface area (Å²) in [6, 6.07) is 28.0. The van der Waals surface area contributed by atoms with E-state index in [2.05, 4.69) is 5.32 Å². The van der Waals surface area contributed by atoms with Gasteiger partial charge in [-0.05, 0) is 78.7 Å². The Morgan fingerprint density at radius 2 is 1.48 bits per heavy atom. The van der Waals surface area contributed by atoms with Crippen molar-refractivity contribution >= 4 is 40.1 Å². The number of ether oxygens (including phenoxy) is 2. The van der Waals surface area contributed by atoms with Crippen molar-refractivity contribution in [3.8, 4) is 17.2 Å². The van der Waals surface area contributed by atoms with Crippen LogP contribution in [0, 0.1) is 12.3 Å². The van der Waals surface area contributed by atoms with Crippen molar-refractivity contribution in [2.75, 3.05) is 5.32 Å². The van der Waals surface area contributed by atoms with Crippen molar-refractivity contribution in [2.24, 2.45) is 5.41 Å². The van der Waals surface area contributed by atoms with Gasteiger partial charge in [0.15, 0.2) is 5.78 Å². The molecule has 4 aromatic rings. The smallest absolute Gasteiger partial charge is 0.273 e. The average molecular weight is 606 g/mol. The molecule has 2 unspecified atom stereocenters. The molecule has 0 aliphatic carbocycles. The SMILES string of the molecule is Cc1ccc(Cl)c(NC(=O)C(Oc2ccc(S(=O)Oc3ccc(OCc4ccccc4)cc3)cc2)C(=O)C(C)(C)C)c1. The highest BCUT2D eigenvalue weighted by atomic mass is 35.5. The van der Waals surface area contributed by atoms with Crippen molar-refractivity contribution in [1.29, 1.82) is 0 Å². The molecule has 218 valence electrons. The van der Waals surface area contributed by atoms with E-state index in [-0.39, 0.29) is 5.75 Å².